The average molecular weight is 123 g/mol. The molecule has 0 spiro atoms. The van der Waals surface area contributed by atoms with Crippen LogP contribution in [0.25, 0.3) is 0 Å². The van der Waals surface area contributed by atoms with Gasteiger partial charge in [0.15, 0.2) is 0 Å². The van der Waals surface area contributed by atoms with Crippen LogP contribution in [0.1, 0.15) is 19.8 Å². The lowest BCUT2D eigenvalue weighted by atomic mass is 10.2. The molecular weight excluding hydrogens is 110 g/mol. The Morgan fingerprint density at radius 1 is 1.67 bits per heavy atom. The molecule has 0 fully saturated rings. The van der Waals surface area contributed by atoms with Gasteiger partial charge >= 0.3 is 0 Å². The van der Waals surface area contributed by atoms with Gasteiger partial charge in [-0.3, -0.25) is 4.99 Å². The summed E-state index contributed by atoms with van der Waals surface area (Å²) < 4.78 is 0. The summed E-state index contributed by atoms with van der Waals surface area (Å²) in [5.74, 6) is 0. The maximum atomic E-state index is 3.81. The van der Waals surface area contributed by atoms with Crippen LogP contribution in [-0.2, 0) is 0 Å². The Bertz CT molecular complexity index is 123. The molecule has 0 aliphatic heterocycles. The first kappa shape index (κ1) is 8.15. The Balaban J connectivity index is 3.49. The summed E-state index contributed by atoms with van der Waals surface area (Å²) in [6.45, 7) is 9.25. The number of aliphatic imine (C=N–C) groups is 1. The van der Waals surface area contributed by atoms with Crippen LogP contribution in [0.3, 0.4) is 0 Å². The molecule has 0 N–H and O–H groups in total. The minimum absolute atomic E-state index is 1.05. The Morgan fingerprint density at radius 2 is 2.33 bits per heavy atom. The second-order valence-electron chi connectivity index (χ2n) is 1.91. The molecule has 0 atom stereocenters. The fourth-order valence-corrected chi connectivity index (χ4v) is 0.563. The van der Waals surface area contributed by atoms with Gasteiger partial charge in [-0.05, 0) is 19.2 Å². The van der Waals surface area contributed by atoms with Crippen LogP contribution >= 0.6 is 0 Å². The zero-order valence-corrected chi connectivity index (χ0v) is 5.93. The van der Waals surface area contributed by atoms with E-state index < -0.39 is 0 Å². The third-order valence-electron chi connectivity index (χ3n) is 0.987. The molecule has 0 aliphatic carbocycles. The predicted octanol–water partition coefficient (Wildman–Crippen LogP) is 2.56. The lowest BCUT2D eigenvalue weighted by Crippen LogP contribution is -1.71. The maximum Gasteiger partial charge on any atom is 0.0263 e. The Labute approximate surface area is 56.8 Å². The van der Waals surface area contributed by atoms with E-state index in [4.69, 9.17) is 0 Å². The van der Waals surface area contributed by atoms with E-state index in [-0.39, 0.29) is 0 Å². The van der Waals surface area contributed by atoms with Crippen LogP contribution in [0.15, 0.2) is 29.4 Å². The molecule has 1 nitrogen and oxygen atoms in total. The highest BCUT2D eigenvalue weighted by atomic mass is 14.6. The van der Waals surface area contributed by atoms with Crippen molar-refractivity contribution in [1.82, 2.24) is 0 Å². The van der Waals surface area contributed by atoms with Crippen molar-refractivity contribution >= 4 is 6.72 Å². The first-order valence-electron chi connectivity index (χ1n) is 3.11. The number of allylic oxidation sites excluding steroid dienone is 2. The van der Waals surface area contributed by atoms with Crippen LogP contribution in [0.4, 0.5) is 0 Å². The number of hydrogen-bond acceptors (Lipinski definition) is 1. The largest absolute Gasteiger partial charge is 0.273 e. The molecule has 9 heavy (non-hydrogen) atoms. The Kier molecular flexibility index (Phi) is 4.79. The SMILES string of the molecule is C=N/C=C\C(=C)CCC. The van der Waals surface area contributed by atoms with E-state index >= 15 is 0 Å². The Hall–Kier alpha value is -0.850. The number of hydrogen-bond donors (Lipinski definition) is 0. The van der Waals surface area contributed by atoms with Crippen molar-refractivity contribution in [3.63, 3.8) is 0 Å². The fourth-order valence-electron chi connectivity index (χ4n) is 0.563. The maximum absolute atomic E-state index is 3.81. The smallest absolute Gasteiger partial charge is 0.0263 e. The number of rotatable bonds is 4. The second kappa shape index (κ2) is 5.29. The van der Waals surface area contributed by atoms with Crippen LogP contribution in [-0.4, -0.2) is 6.72 Å². The molecule has 0 bridgehead atoms. The summed E-state index contributed by atoms with van der Waals surface area (Å²) in [6.07, 6.45) is 5.74. The van der Waals surface area contributed by atoms with Crippen molar-refractivity contribution in [2.24, 2.45) is 4.99 Å². The highest BCUT2D eigenvalue weighted by Crippen LogP contribution is 2.01. The highest BCUT2D eigenvalue weighted by Gasteiger charge is 1.82. The van der Waals surface area contributed by atoms with Crippen molar-refractivity contribution in [2.45, 2.75) is 19.8 Å². The first-order chi connectivity index (χ1) is 4.31. The zero-order chi connectivity index (χ0) is 7.11. The quantitative estimate of drug-likeness (QED) is 0.402. The Morgan fingerprint density at radius 3 is 2.78 bits per heavy atom. The van der Waals surface area contributed by atoms with Gasteiger partial charge in [0.05, 0.1) is 0 Å². The standard InChI is InChI=1S/C8H13N/c1-4-5-8(2)6-7-9-3/h6-7H,2-5H2,1H3/b7-6-. The lowest BCUT2D eigenvalue weighted by Gasteiger charge is -1.91. The highest BCUT2D eigenvalue weighted by molar-refractivity contribution is 5.27. The van der Waals surface area contributed by atoms with E-state index in [1.54, 1.807) is 6.20 Å². The monoisotopic (exact) mass is 123 g/mol. The second-order valence-corrected chi connectivity index (χ2v) is 1.91. The summed E-state index contributed by atoms with van der Waals surface area (Å²) in [5.41, 5.74) is 1.12. The lowest BCUT2D eigenvalue weighted by molar-refractivity contribution is 0.929. The molecule has 0 rings (SSSR count). The van der Waals surface area contributed by atoms with Crippen molar-refractivity contribution < 1.29 is 0 Å². The molecule has 0 saturated heterocycles. The molecule has 0 aromatic rings. The molecule has 0 aromatic carbocycles. The van der Waals surface area contributed by atoms with Gasteiger partial charge in [0.25, 0.3) is 0 Å². The third kappa shape index (κ3) is 5.01. The van der Waals surface area contributed by atoms with Gasteiger partial charge in [0.1, 0.15) is 0 Å². The summed E-state index contributed by atoms with van der Waals surface area (Å²) in [5, 5.41) is 0. The molecule has 0 unspecified atom stereocenters. The summed E-state index contributed by atoms with van der Waals surface area (Å²) in [6, 6.07) is 0. The molecule has 0 saturated carbocycles. The van der Waals surface area contributed by atoms with E-state index in [1.165, 1.54) is 0 Å². The molecule has 0 aromatic heterocycles. The van der Waals surface area contributed by atoms with Gasteiger partial charge in [0, 0.05) is 6.20 Å². The topological polar surface area (TPSA) is 12.4 Å². The van der Waals surface area contributed by atoms with E-state index in [2.05, 4.69) is 25.2 Å². The minimum Gasteiger partial charge on any atom is -0.273 e. The minimum atomic E-state index is 1.05. The van der Waals surface area contributed by atoms with E-state index in [1.807, 2.05) is 6.08 Å². The average Bonchev–Trinajstić information content (AvgIpc) is 1.85. The van der Waals surface area contributed by atoms with Crippen LogP contribution < -0.4 is 0 Å². The molecule has 0 amide bonds. The van der Waals surface area contributed by atoms with Crippen LogP contribution in [0.2, 0.25) is 0 Å². The third-order valence-corrected chi connectivity index (χ3v) is 0.987. The van der Waals surface area contributed by atoms with Gasteiger partial charge in [-0.15, -0.1) is 0 Å². The van der Waals surface area contributed by atoms with E-state index in [9.17, 15) is 0 Å². The first-order valence-corrected chi connectivity index (χ1v) is 3.11. The summed E-state index contributed by atoms with van der Waals surface area (Å²) >= 11 is 0. The van der Waals surface area contributed by atoms with Crippen molar-refractivity contribution in [3.05, 3.63) is 24.4 Å². The predicted molar refractivity (Wildman–Crippen MR) is 42.7 cm³/mol. The zero-order valence-electron chi connectivity index (χ0n) is 5.93. The van der Waals surface area contributed by atoms with Crippen molar-refractivity contribution in [3.8, 4) is 0 Å². The van der Waals surface area contributed by atoms with Crippen molar-refractivity contribution in [1.29, 1.82) is 0 Å². The van der Waals surface area contributed by atoms with E-state index in [0.717, 1.165) is 18.4 Å². The fraction of sp³-hybridized carbons (Fsp3) is 0.375. The van der Waals surface area contributed by atoms with Crippen LogP contribution in [0, 0.1) is 0 Å². The van der Waals surface area contributed by atoms with Gasteiger partial charge in [-0.1, -0.05) is 25.5 Å². The normalized spacial score (nSPS) is 9.89. The number of nitrogens with zero attached hydrogens (tertiary/aromatic N) is 1. The molecule has 0 radical (unpaired) electrons. The summed E-state index contributed by atoms with van der Waals surface area (Å²) in [7, 11) is 0. The van der Waals surface area contributed by atoms with Gasteiger partial charge in [0.2, 0.25) is 0 Å². The molecule has 50 valence electrons. The van der Waals surface area contributed by atoms with Crippen molar-refractivity contribution in [2.75, 3.05) is 0 Å². The molecule has 0 heterocycles. The van der Waals surface area contributed by atoms with Gasteiger partial charge in [-0.2, -0.15) is 0 Å². The summed E-state index contributed by atoms with van der Waals surface area (Å²) in [4.78, 5) is 3.57. The van der Waals surface area contributed by atoms with Crippen LogP contribution in [0.5, 0.6) is 0 Å². The van der Waals surface area contributed by atoms with Gasteiger partial charge < -0.3 is 0 Å². The van der Waals surface area contributed by atoms with Gasteiger partial charge in [-0.25, -0.2) is 0 Å². The molecular formula is C8H13N. The molecule has 1 heteroatoms. The molecule has 0 aliphatic rings. The van der Waals surface area contributed by atoms with E-state index in [0.29, 0.717) is 0 Å².